The molecule has 0 saturated carbocycles. The molecule has 1 nitrogen and oxygen atoms in total. The van der Waals surface area contributed by atoms with Crippen molar-refractivity contribution in [2.45, 2.75) is 0 Å². The van der Waals surface area contributed by atoms with Crippen molar-refractivity contribution in [1.82, 2.24) is 4.98 Å². The number of aromatic amines is 1. The average molecular weight is 317 g/mol. The molecule has 0 bridgehead atoms. The predicted molar refractivity (Wildman–Crippen MR) is 107 cm³/mol. The maximum absolute atomic E-state index is 3.51. The summed E-state index contributed by atoms with van der Waals surface area (Å²) >= 11 is 0. The van der Waals surface area contributed by atoms with Crippen LogP contribution in [0.5, 0.6) is 0 Å². The molecular formula is C24H15N. The summed E-state index contributed by atoms with van der Waals surface area (Å²) in [7, 11) is 0. The summed E-state index contributed by atoms with van der Waals surface area (Å²) < 4.78 is 0. The summed E-state index contributed by atoms with van der Waals surface area (Å²) in [6.07, 6.45) is 2.33. The lowest BCUT2D eigenvalue weighted by Gasteiger charge is -2.07. The van der Waals surface area contributed by atoms with E-state index in [9.17, 15) is 0 Å². The predicted octanol–water partition coefficient (Wildman–Crippen LogP) is 6.38. The van der Waals surface area contributed by atoms with Gasteiger partial charge >= 0.3 is 0 Å². The van der Waals surface area contributed by atoms with Crippen LogP contribution in [0.1, 0.15) is 16.7 Å². The van der Waals surface area contributed by atoms with E-state index in [0.29, 0.717) is 0 Å². The smallest absolute Gasteiger partial charge is 0.0465 e. The van der Waals surface area contributed by atoms with Crippen LogP contribution in [0.4, 0.5) is 0 Å². The van der Waals surface area contributed by atoms with E-state index in [1.807, 2.05) is 0 Å². The largest absolute Gasteiger partial charge is 0.355 e. The molecule has 0 radical (unpaired) electrons. The summed E-state index contributed by atoms with van der Waals surface area (Å²) in [6.45, 7) is 0. The van der Waals surface area contributed by atoms with Crippen molar-refractivity contribution in [3.63, 3.8) is 0 Å². The van der Waals surface area contributed by atoms with E-state index >= 15 is 0 Å². The molecule has 0 spiro atoms. The van der Waals surface area contributed by atoms with Crippen molar-refractivity contribution in [1.29, 1.82) is 0 Å². The van der Waals surface area contributed by atoms with Crippen molar-refractivity contribution in [2.24, 2.45) is 0 Å². The number of nitrogens with one attached hydrogen (secondary N) is 1. The lowest BCUT2D eigenvalue weighted by Crippen LogP contribution is -1.85. The molecule has 6 rings (SSSR count). The van der Waals surface area contributed by atoms with Crippen LogP contribution in [0.15, 0.2) is 78.9 Å². The molecule has 0 amide bonds. The Kier molecular flexibility index (Phi) is 2.40. The van der Waals surface area contributed by atoms with Crippen molar-refractivity contribution in [3.8, 4) is 0 Å². The topological polar surface area (TPSA) is 15.8 Å². The van der Waals surface area contributed by atoms with Gasteiger partial charge in [0, 0.05) is 21.8 Å². The molecule has 25 heavy (non-hydrogen) atoms. The number of rotatable bonds is 1. The molecule has 1 aliphatic rings. The number of hydrogen-bond donors (Lipinski definition) is 1. The third-order valence-electron chi connectivity index (χ3n) is 5.34. The van der Waals surface area contributed by atoms with Gasteiger partial charge in [-0.15, -0.1) is 0 Å². The van der Waals surface area contributed by atoms with Crippen molar-refractivity contribution in [2.75, 3.05) is 0 Å². The number of hydrogen-bond acceptors (Lipinski definition) is 0. The van der Waals surface area contributed by atoms with Gasteiger partial charge in [-0.25, -0.2) is 0 Å². The first-order valence-corrected chi connectivity index (χ1v) is 8.63. The van der Waals surface area contributed by atoms with Gasteiger partial charge in [0.05, 0.1) is 0 Å². The fourth-order valence-corrected chi connectivity index (χ4v) is 4.20. The normalized spacial score (nSPS) is 13.0. The maximum Gasteiger partial charge on any atom is 0.0465 e. The lowest BCUT2D eigenvalue weighted by molar-refractivity contribution is 1.54. The zero-order valence-corrected chi connectivity index (χ0v) is 13.6. The van der Waals surface area contributed by atoms with E-state index in [-0.39, 0.29) is 0 Å². The molecule has 0 unspecified atom stereocenters. The van der Waals surface area contributed by atoms with Gasteiger partial charge in [0.15, 0.2) is 0 Å². The van der Waals surface area contributed by atoms with Crippen LogP contribution in [0.3, 0.4) is 0 Å². The van der Waals surface area contributed by atoms with Gasteiger partial charge in [-0.2, -0.15) is 0 Å². The first-order valence-electron chi connectivity index (χ1n) is 8.63. The van der Waals surface area contributed by atoms with Crippen LogP contribution in [0.2, 0.25) is 0 Å². The standard InChI is InChI=1S/C24H15N/c1-2-10-22-18(8-1)21-13-16(11-12-23(21)25-22)20-14-17-7-3-5-15-6-4-9-19(20)24(15)17/h1-14,25H. The van der Waals surface area contributed by atoms with E-state index in [0.717, 1.165) is 0 Å². The van der Waals surface area contributed by atoms with Gasteiger partial charge in [-0.1, -0.05) is 60.7 Å². The molecule has 1 aromatic heterocycles. The Morgan fingerprint density at radius 3 is 2.44 bits per heavy atom. The van der Waals surface area contributed by atoms with Crippen molar-refractivity contribution in [3.05, 3.63) is 95.6 Å². The van der Waals surface area contributed by atoms with Crippen molar-refractivity contribution < 1.29 is 0 Å². The highest BCUT2D eigenvalue weighted by molar-refractivity contribution is 6.14. The quantitative estimate of drug-likeness (QED) is 0.362. The SMILES string of the molecule is C1=C(c2ccc3[nH]c4ccccc4c3c2)c2cccc3cccc1c23. The highest BCUT2D eigenvalue weighted by Crippen LogP contribution is 2.40. The van der Waals surface area contributed by atoms with Crippen LogP contribution >= 0.6 is 0 Å². The first-order chi connectivity index (χ1) is 12.4. The molecule has 0 saturated heterocycles. The summed E-state index contributed by atoms with van der Waals surface area (Å²) in [4.78, 5) is 3.51. The number of aromatic nitrogens is 1. The number of fused-ring (bicyclic) bond motifs is 3. The maximum atomic E-state index is 3.51. The fraction of sp³-hybridized carbons (Fsp3) is 0. The molecule has 0 aliphatic heterocycles. The van der Waals surface area contributed by atoms with Crippen LogP contribution in [-0.4, -0.2) is 4.98 Å². The van der Waals surface area contributed by atoms with Gasteiger partial charge in [0.1, 0.15) is 0 Å². The summed E-state index contributed by atoms with van der Waals surface area (Å²) in [5, 5.41) is 5.26. The zero-order valence-electron chi connectivity index (χ0n) is 13.6. The Morgan fingerprint density at radius 2 is 1.48 bits per heavy atom. The summed E-state index contributed by atoms with van der Waals surface area (Å²) in [6, 6.07) is 28.4. The Morgan fingerprint density at radius 1 is 0.640 bits per heavy atom. The minimum Gasteiger partial charge on any atom is -0.355 e. The van der Waals surface area contributed by atoms with Crippen LogP contribution in [-0.2, 0) is 0 Å². The number of benzene rings is 4. The van der Waals surface area contributed by atoms with Crippen LogP contribution < -0.4 is 0 Å². The minimum absolute atomic E-state index is 1.19. The average Bonchev–Trinajstić information content (AvgIpc) is 3.22. The van der Waals surface area contributed by atoms with Gasteiger partial charge in [-0.05, 0) is 57.3 Å². The van der Waals surface area contributed by atoms with E-state index in [2.05, 4.69) is 89.9 Å². The van der Waals surface area contributed by atoms with Gasteiger partial charge < -0.3 is 4.98 Å². The van der Waals surface area contributed by atoms with Crippen LogP contribution in [0, 0.1) is 0 Å². The van der Waals surface area contributed by atoms with Gasteiger partial charge in [0.2, 0.25) is 0 Å². The molecule has 1 N–H and O–H groups in total. The molecule has 0 fully saturated rings. The summed E-state index contributed by atoms with van der Waals surface area (Å²) in [5.41, 5.74) is 7.65. The third kappa shape index (κ3) is 1.72. The molecule has 5 aromatic rings. The highest BCUT2D eigenvalue weighted by atomic mass is 14.7. The Balaban J connectivity index is 1.64. The molecule has 1 heteroatoms. The Bertz CT molecular complexity index is 1330. The molecule has 116 valence electrons. The van der Waals surface area contributed by atoms with Gasteiger partial charge in [-0.3, -0.25) is 0 Å². The second-order valence-electron chi connectivity index (χ2n) is 6.74. The van der Waals surface area contributed by atoms with Crippen LogP contribution in [0.25, 0.3) is 44.2 Å². The Labute approximate surface area is 145 Å². The fourth-order valence-electron chi connectivity index (χ4n) is 4.20. The zero-order chi connectivity index (χ0) is 16.4. The lowest BCUT2D eigenvalue weighted by atomic mass is 9.97. The first kappa shape index (κ1) is 13.0. The molecule has 4 aromatic carbocycles. The second-order valence-corrected chi connectivity index (χ2v) is 6.74. The Hall–Kier alpha value is -3.32. The molecule has 1 aliphatic carbocycles. The molecular weight excluding hydrogens is 302 g/mol. The monoisotopic (exact) mass is 317 g/mol. The van der Waals surface area contributed by atoms with Crippen molar-refractivity contribution >= 4 is 44.2 Å². The van der Waals surface area contributed by atoms with E-state index in [1.54, 1.807) is 0 Å². The minimum atomic E-state index is 1.19. The highest BCUT2D eigenvalue weighted by Gasteiger charge is 2.18. The van der Waals surface area contributed by atoms with E-state index in [1.165, 1.54) is 54.8 Å². The molecule has 1 heterocycles. The third-order valence-corrected chi connectivity index (χ3v) is 5.34. The number of para-hydroxylation sites is 1. The summed E-state index contributed by atoms with van der Waals surface area (Å²) in [5.74, 6) is 0. The van der Waals surface area contributed by atoms with Gasteiger partial charge in [0.25, 0.3) is 0 Å². The van der Waals surface area contributed by atoms with E-state index < -0.39 is 0 Å². The molecule has 0 atom stereocenters. The number of H-pyrrole nitrogens is 1. The second kappa shape index (κ2) is 4.61. The van der Waals surface area contributed by atoms with E-state index in [4.69, 9.17) is 0 Å².